The molecule has 0 bridgehead atoms. The molecule has 9 heteroatoms. The number of Topliss-reactive ketones (excluding diaryl/α,β-unsaturated/α-hetero) is 1. The number of ketones is 1. The third kappa shape index (κ3) is 5.62. The molecular weight excluding hydrogens is 471 g/mol. The molecule has 3 aromatic carbocycles. The number of hydrogen-bond donors (Lipinski definition) is 1. The van der Waals surface area contributed by atoms with E-state index in [-0.39, 0.29) is 12.3 Å². The largest absolute Gasteiger partial charge is 0.497 e. The molecule has 0 aliphatic heterocycles. The van der Waals surface area contributed by atoms with Gasteiger partial charge in [-0.1, -0.05) is 13.0 Å². The van der Waals surface area contributed by atoms with E-state index in [1.807, 2.05) is 30.5 Å². The summed E-state index contributed by atoms with van der Waals surface area (Å²) in [5.41, 5.74) is 3.81. The van der Waals surface area contributed by atoms with Crippen LogP contribution in [-0.2, 0) is 0 Å². The third-order valence-corrected chi connectivity index (χ3v) is 5.74. The number of nitrogens with zero attached hydrogens (tertiary/aromatic N) is 2. The second-order valence-corrected chi connectivity index (χ2v) is 8.30. The van der Waals surface area contributed by atoms with Crippen LogP contribution < -0.4 is 14.8 Å². The maximum Gasteiger partial charge on any atom is 0.390 e. The summed E-state index contributed by atoms with van der Waals surface area (Å²) in [6.07, 6.45) is -3.26. The highest BCUT2D eigenvalue weighted by atomic mass is 19.4. The van der Waals surface area contributed by atoms with E-state index in [1.165, 1.54) is 0 Å². The Kier molecular flexibility index (Phi) is 7.19. The maximum atomic E-state index is 12.8. The summed E-state index contributed by atoms with van der Waals surface area (Å²) < 4.78 is 51.4. The fourth-order valence-electron chi connectivity index (χ4n) is 3.93. The number of rotatable bonds is 9. The second kappa shape index (κ2) is 10.3. The van der Waals surface area contributed by atoms with Crippen molar-refractivity contribution in [1.82, 2.24) is 9.55 Å². The van der Waals surface area contributed by atoms with Crippen molar-refractivity contribution in [3.8, 4) is 22.9 Å². The van der Waals surface area contributed by atoms with Gasteiger partial charge in [0.05, 0.1) is 24.7 Å². The number of carbonyl (C=O) groups excluding carboxylic acids is 1. The Bertz CT molecular complexity index is 1400. The number of ether oxygens (including phenoxy) is 2. The van der Waals surface area contributed by atoms with Crippen LogP contribution in [0.15, 0.2) is 60.9 Å². The van der Waals surface area contributed by atoms with Crippen molar-refractivity contribution in [2.45, 2.75) is 32.9 Å². The van der Waals surface area contributed by atoms with Gasteiger partial charge in [0.1, 0.15) is 29.1 Å². The smallest absolute Gasteiger partial charge is 0.390 e. The Morgan fingerprint density at radius 3 is 2.53 bits per heavy atom. The lowest BCUT2D eigenvalue weighted by Crippen LogP contribution is -2.14. The minimum Gasteiger partial charge on any atom is -0.497 e. The minimum absolute atomic E-state index is 0.0552. The first-order valence-corrected chi connectivity index (χ1v) is 11.5. The van der Waals surface area contributed by atoms with Crippen molar-refractivity contribution in [3.05, 3.63) is 72.1 Å². The lowest BCUT2D eigenvalue weighted by atomic mass is 10.0. The molecule has 6 nitrogen and oxygen atoms in total. The van der Waals surface area contributed by atoms with Crippen molar-refractivity contribution in [2.24, 2.45) is 0 Å². The van der Waals surface area contributed by atoms with Crippen LogP contribution in [0.2, 0.25) is 0 Å². The van der Waals surface area contributed by atoms with E-state index in [2.05, 4.69) is 10.3 Å². The Hall–Kier alpha value is -4.01. The van der Waals surface area contributed by atoms with Crippen LogP contribution in [0.3, 0.4) is 0 Å². The third-order valence-electron chi connectivity index (χ3n) is 5.74. The van der Waals surface area contributed by atoms with Crippen LogP contribution in [0.1, 0.15) is 35.7 Å². The molecule has 4 rings (SSSR count). The van der Waals surface area contributed by atoms with Crippen molar-refractivity contribution in [3.63, 3.8) is 0 Å². The number of benzene rings is 3. The highest BCUT2D eigenvalue weighted by Gasteiger charge is 2.26. The van der Waals surface area contributed by atoms with Crippen LogP contribution in [0.25, 0.3) is 16.7 Å². The zero-order valence-electron chi connectivity index (χ0n) is 20.1. The van der Waals surface area contributed by atoms with Crippen LogP contribution >= 0.6 is 0 Å². The number of methoxy groups -OCH3 is 1. The summed E-state index contributed by atoms with van der Waals surface area (Å²) in [6, 6.07) is 15.9. The number of hydrogen-bond acceptors (Lipinski definition) is 5. The van der Waals surface area contributed by atoms with E-state index in [1.54, 1.807) is 55.9 Å². The van der Waals surface area contributed by atoms with Gasteiger partial charge < -0.3 is 14.8 Å². The number of anilines is 1. The number of aryl methyl sites for hydroxylation is 1. The highest BCUT2D eigenvalue weighted by Crippen LogP contribution is 2.34. The molecule has 0 saturated carbocycles. The lowest BCUT2D eigenvalue weighted by molar-refractivity contribution is -0.131. The predicted octanol–water partition coefficient (Wildman–Crippen LogP) is 7.09. The monoisotopic (exact) mass is 497 g/mol. The van der Waals surface area contributed by atoms with Crippen molar-refractivity contribution in [2.75, 3.05) is 19.0 Å². The molecule has 0 amide bonds. The zero-order valence-corrected chi connectivity index (χ0v) is 20.1. The van der Waals surface area contributed by atoms with E-state index in [9.17, 15) is 18.0 Å². The van der Waals surface area contributed by atoms with Gasteiger partial charge in [-0.3, -0.25) is 9.36 Å². The Morgan fingerprint density at radius 2 is 1.83 bits per heavy atom. The van der Waals surface area contributed by atoms with Gasteiger partial charge >= 0.3 is 6.18 Å². The van der Waals surface area contributed by atoms with Gasteiger partial charge in [0.2, 0.25) is 0 Å². The summed E-state index contributed by atoms with van der Waals surface area (Å²) in [5.74, 6) is 1.60. The van der Waals surface area contributed by atoms with Crippen molar-refractivity contribution in [1.29, 1.82) is 0 Å². The SMILES string of the molecule is CCC(=O)c1ccc(-n2cnc3c(NCCC(F)(F)F)cc(Oc4cccc(OC)c4)cc32)cc1C. The van der Waals surface area contributed by atoms with E-state index >= 15 is 0 Å². The van der Waals surface area contributed by atoms with Gasteiger partial charge in [0.25, 0.3) is 0 Å². The molecule has 1 aromatic heterocycles. The molecular formula is C27H26F3N3O3. The van der Waals surface area contributed by atoms with E-state index in [4.69, 9.17) is 9.47 Å². The summed E-state index contributed by atoms with van der Waals surface area (Å²) in [4.78, 5) is 16.7. The maximum absolute atomic E-state index is 12.8. The van der Waals surface area contributed by atoms with Gasteiger partial charge in [-0.05, 0) is 42.8 Å². The highest BCUT2D eigenvalue weighted by molar-refractivity contribution is 5.97. The van der Waals surface area contributed by atoms with Crippen molar-refractivity contribution >= 4 is 22.5 Å². The lowest BCUT2D eigenvalue weighted by Gasteiger charge is -2.14. The Balaban J connectivity index is 1.77. The molecule has 0 aliphatic rings. The fraction of sp³-hybridized carbons (Fsp3) is 0.259. The van der Waals surface area contributed by atoms with Gasteiger partial charge in [-0.15, -0.1) is 0 Å². The molecule has 36 heavy (non-hydrogen) atoms. The molecule has 1 heterocycles. The van der Waals surface area contributed by atoms with Gasteiger partial charge in [0.15, 0.2) is 5.78 Å². The van der Waals surface area contributed by atoms with Crippen LogP contribution in [0.4, 0.5) is 18.9 Å². The van der Waals surface area contributed by atoms with Crippen LogP contribution in [0.5, 0.6) is 17.2 Å². The quantitative estimate of drug-likeness (QED) is 0.250. The Labute approximate surface area is 206 Å². The number of imidazole rings is 1. The normalized spacial score (nSPS) is 11.5. The number of halogens is 3. The van der Waals surface area contributed by atoms with Gasteiger partial charge in [-0.25, -0.2) is 4.98 Å². The fourth-order valence-corrected chi connectivity index (χ4v) is 3.93. The number of fused-ring (bicyclic) bond motifs is 1. The molecule has 0 fully saturated rings. The molecule has 0 aliphatic carbocycles. The second-order valence-electron chi connectivity index (χ2n) is 8.30. The summed E-state index contributed by atoms with van der Waals surface area (Å²) in [7, 11) is 1.55. The molecule has 4 aromatic rings. The first-order chi connectivity index (χ1) is 17.2. The van der Waals surface area contributed by atoms with E-state index < -0.39 is 12.6 Å². The molecule has 0 atom stereocenters. The number of alkyl halides is 3. The standard InChI is InChI=1S/C27H26F3N3O3/c1-4-25(34)22-9-8-18(12-17(22)2)33-16-32-26-23(31-11-10-27(28,29)30)14-21(15-24(26)33)36-20-7-5-6-19(13-20)35-3/h5-9,12-16,31H,4,10-11H2,1-3H3. The molecule has 188 valence electrons. The molecule has 0 radical (unpaired) electrons. The number of nitrogens with one attached hydrogen (secondary N) is 1. The van der Waals surface area contributed by atoms with E-state index in [0.29, 0.717) is 46.0 Å². The topological polar surface area (TPSA) is 65.4 Å². The number of carbonyl (C=O) groups is 1. The predicted molar refractivity (Wildman–Crippen MR) is 133 cm³/mol. The summed E-state index contributed by atoms with van der Waals surface area (Å²) in [6.45, 7) is 3.38. The molecule has 0 saturated heterocycles. The summed E-state index contributed by atoms with van der Waals surface area (Å²) >= 11 is 0. The molecule has 1 N–H and O–H groups in total. The zero-order chi connectivity index (χ0) is 25.9. The average Bonchev–Trinajstić information content (AvgIpc) is 3.27. The summed E-state index contributed by atoms with van der Waals surface area (Å²) in [5, 5.41) is 2.86. The van der Waals surface area contributed by atoms with Gasteiger partial charge in [-0.2, -0.15) is 13.2 Å². The first kappa shape index (κ1) is 25.1. The van der Waals surface area contributed by atoms with E-state index in [0.717, 1.165) is 11.3 Å². The molecule has 0 unspecified atom stereocenters. The number of aromatic nitrogens is 2. The van der Waals surface area contributed by atoms with Gasteiger partial charge in [0, 0.05) is 42.4 Å². The first-order valence-electron chi connectivity index (χ1n) is 11.5. The van der Waals surface area contributed by atoms with Crippen LogP contribution in [0, 0.1) is 6.92 Å². The minimum atomic E-state index is -4.28. The Morgan fingerprint density at radius 1 is 1.06 bits per heavy atom. The average molecular weight is 498 g/mol. The van der Waals surface area contributed by atoms with Crippen molar-refractivity contribution < 1.29 is 27.4 Å². The molecule has 0 spiro atoms. The van der Waals surface area contributed by atoms with Crippen LogP contribution in [-0.4, -0.2) is 35.2 Å².